The molecule has 3 rings (SSSR count). The fourth-order valence-electron chi connectivity index (χ4n) is 3.49. The van der Waals surface area contributed by atoms with E-state index in [4.69, 9.17) is 25.8 Å². The first-order valence-corrected chi connectivity index (χ1v) is 9.54. The number of quaternary nitrogens is 1. The summed E-state index contributed by atoms with van der Waals surface area (Å²) in [5.74, 6) is 1.53. The minimum Gasteiger partial charge on any atom is -0.493 e. The number of methoxy groups -OCH3 is 2. The molecule has 1 heterocycles. The Kier molecular flexibility index (Phi) is 6.96. The number of benzene rings is 2. The molecule has 0 saturated carbocycles. The van der Waals surface area contributed by atoms with Crippen molar-refractivity contribution in [3.8, 4) is 11.5 Å². The van der Waals surface area contributed by atoms with Gasteiger partial charge in [0, 0.05) is 17.0 Å². The van der Waals surface area contributed by atoms with Gasteiger partial charge < -0.3 is 24.2 Å². The fraction of sp³-hybridized carbons (Fsp3) is 0.429. The lowest BCUT2D eigenvalue weighted by Gasteiger charge is -2.28. The number of nitrogens with one attached hydrogen (secondary N) is 1. The van der Waals surface area contributed by atoms with Crippen LogP contribution >= 0.6 is 11.6 Å². The molecule has 0 aliphatic carbocycles. The molecule has 0 spiro atoms. The van der Waals surface area contributed by atoms with Gasteiger partial charge in [-0.1, -0.05) is 23.7 Å². The highest BCUT2D eigenvalue weighted by Crippen LogP contribution is 2.31. The van der Waals surface area contributed by atoms with Gasteiger partial charge in [-0.3, -0.25) is 0 Å². The Bertz CT molecular complexity index is 751. The second kappa shape index (κ2) is 9.42. The Labute approximate surface area is 165 Å². The third kappa shape index (κ3) is 5.36. The molecular formula is C21H27ClNO4+. The predicted molar refractivity (Wildman–Crippen MR) is 105 cm³/mol. The van der Waals surface area contributed by atoms with Crippen molar-refractivity contribution >= 4 is 11.6 Å². The van der Waals surface area contributed by atoms with Gasteiger partial charge in [-0.25, -0.2) is 0 Å². The molecule has 1 aliphatic rings. The monoisotopic (exact) mass is 392 g/mol. The Hall–Kier alpha value is -1.79. The summed E-state index contributed by atoms with van der Waals surface area (Å²) >= 11 is 5.88. The number of hydrogen-bond acceptors (Lipinski definition) is 4. The van der Waals surface area contributed by atoms with Gasteiger partial charge in [0.05, 0.1) is 34.0 Å². The fourth-order valence-corrected chi connectivity index (χ4v) is 3.62. The average molecular weight is 393 g/mol. The van der Waals surface area contributed by atoms with E-state index in [0.717, 1.165) is 36.6 Å². The van der Waals surface area contributed by atoms with E-state index in [0.29, 0.717) is 24.8 Å². The largest absolute Gasteiger partial charge is 0.493 e. The van der Waals surface area contributed by atoms with E-state index >= 15 is 0 Å². The zero-order chi connectivity index (χ0) is 19.2. The minimum atomic E-state index is -0.492. The van der Waals surface area contributed by atoms with Gasteiger partial charge in [-0.05, 0) is 35.4 Å². The maximum absolute atomic E-state index is 10.3. The molecule has 2 aromatic rings. The van der Waals surface area contributed by atoms with Crippen LogP contribution in [0, 0.1) is 0 Å². The van der Waals surface area contributed by atoms with Gasteiger partial charge in [0.1, 0.15) is 19.2 Å². The van der Waals surface area contributed by atoms with Crippen LogP contribution < -0.4 is 14.4 Å². The van der Waals surface area contributed by atoms with E-state index in [9.17, 15) is 5.11 Å². The molecule has 0 fully saturated rings. The highest BCUT2D eigenvalue weighted by molar-refractivity contribution is 6.30. The second-order valence-corrected chi connectivity index (χ2v) is 7.34. The molecule has 0 saturated heterocycles. The highest BCUT2D eigenvalue weighted by atomic mass is 35.5. The van der Waals surface area contributed by atoms with E-state index in [1.54, 1.807) is 14.2 Å². The molecule has 1 unspecified atom stereocenters. The van der Waals surface area contributed by atoms with Crippen LogP contribution in [0.25, 0.3) is 0 Å². The lowest BCUT2D eigenvalue weighted by Crippen LogP contribution is -3.12. The maximum Gasteiger partial charge on any atom is 0.161 e. The van der Waals surface area contributed by atoms with Gasteiger partial charge in [0.15, 0.2) is 11.5 Å². The summed E-state index contributed by atoms with van der Waals surface area (Å²) < 4.78 is 16.5. The summed E-state index contributed by atoms with van der Waals surface area (Å²) in [5.41, 5.74) is 3.60. The zero-order valence-corrected chi connectivity index (χ0v) is 16.6. The van der Waals surface area contributed by atoms with Crippen LogP contribution in [-0.4, -0.2) is 45.1 Å². The van der Waals surface area contributed by atoms with Crippen molar-refractivity contribution in [3.05, 3.63) is 58.1 Å². The summed E-state index contributed by atoms with van der Waals surface area (Å²) in [6.07, 6.45) is 0.470. The molecule has 27 heavy (non-hydrogen) atoms. The number of halogens is 1. The summed E-state index contributed by atoms with van der Waals surface area (Å²) in [7, 11) is 3.31. The van der Waals surface area contributed by atoms with Crippen molar-refractivity contribution in [1.82, 2.24) is 0 Å². The van der Waals surface area contributed by atoms with Crippen LogP contribution in [-0.2, 0) is 24.3 Å². The van der Waals surface area contributed by atoms with Crippen LogP contribution in [0.3, 0.4) is 0 Å². The van der Waals surface area contributed by atoms with Gasteiger partial charge in [-0.15, -0.1) is 0 Å². The Morgan fingerprint density at radius 2 is 1.74 bits per heavy atom. The zero-order valence-electron chi connectivity index (χ0n) is 15.8. The van der Waals surface area contributed by atoms with E-state index in [-0.39, 0.29) is 0 Å². The van der Waals surface area contributed by atoms with Gasteiger partial charge in [-0.2, -0.15) is 0 Å². The average Bonchev–Trinajstić information content (AvgIpc) is 2.68. The van der Waals surface area contributed by atoms with Crippen LogP contribution in [0.15, 0.2) is 36.4 Å². The van der Waals surface area contributed by atoms with Crippen LogP contribution in [0.5, 0.6) is 11.5 Å². The van der Waals surface area contributed by atoms with Crippen molar-refractivity contribution in [3.63, 3.8) is 0 Å². The van der Waals surface area contributed by atoms with Crippen LogP contribution in [0.4, 0.5) is 0 Å². The quantitative estimate of drug-likeness (QED) is 0.720. The second-order valence-electron chi connectivity index (χ2n) is 6.90. The third-order valence-electron chi connectivity index (χ3n) is 4.91. The van der Waals surface area contributed by atoms with E-state index in [1.807, 2.05) is 24.3 Å². The highest BCUT2D eigenvalue weighted by Gasteiger charge is 2.24. The Morgan fingerprint density at radius 1 is 1.07 bits per heavy atom. The van der Waals surface area contributed by atoms with E-state index in [1.165, 1.54) is 16.0 Å². The first-order valence-electron chi connectivity index (χ1n) is 9.16. The normalized spacial score (nSPS) is 17.3. The molecule has 0 bridgehead atoms. The number of aliphatic hydroxyl groups is 1. The minimum absolute atomic E-state index is 0.324. The van der Waals surface area contributed by atoms with Crippen LogP contribution in [0.2, 0.25) is 5.02 Å². The summed E-state index contributed by atoms with van der Waals surface area (Å²) in [5, 5.41) is 11.1. The van der Waals surface area contributed by atoms with Gasteiger partial charge in [0.2, 0.25) is 0 Å². The van der Waals surface area contributed by atoms with E-state index < -0.39 is 6.10 Å². The van der Waals surface area contributed by atoms with Crippen molar-refractivity contribution in [2.75, 3.05) is 33.9 Å². The van der Waals surface area contributed by atoms with E-state index in [2.05, 4.69) is 12.1 Å². The molecular weight excluding hydrogens is 366 g/mol. The smallest absolute Gasteiger partial charge is 0.161 e. The molecule has 0 amide bonds. The Morgan fingerprint density at radius 3 is 2.41 bits per heavy atom. The standard InChI is InChI=1S/C21H26ClNO4/c1-25-20-9-16-7-8-23(11-17(16)10-21(20)26-2)12-19(24)14-27-13-15-3-5-18(22)6-4-15/h3-6,9-10,19,24H,7-8,11-14H2,1-2H3/p+1/t19-/m0/s1. The maximum atomic E-state index is 10.3. The topological polar surface area (TPSA) is 52.4 Å². The number of ether oxygens (including phenoxy) is 3. The number of rotatable bonds is 8. The van der Waals surface area contributed by atoms with Gasteiger partial charge in [0.25, 0.3) is 0 Å². The molecule has 2 N–H and O–H groups in total. The molecule has 0 aromatic heterocycles. The summed E-state index contributed by atoms with van der Waals surface area (Å²) in [6, 6.07) is 11.7. The van der Waals surface area contributed by atoms with Crippen LogP contribution in [0.1, 0.15) is 16.7 Å². The number of hydrogen-bond donors (Lipinski definition) is 2. The van der Waals surface area contributed by atoms with Crippen molar-refractivity contribution in [2.24, 2.45) is 0 Å². The SMILES string of the molecule is COc1cc2c(cc1OC)C[NH+](C[C@H](O)COCc1ccc(Cl)cc1)CC2. The first-order chi connectivity index (χ1) is 13.1. The predicted octanol–water partition coefficient (Wildman–Crippen LogP) is 1.88. The summed E-state index contributed by atoms with van der Waals surface area (Å²) in [6.45, 7) is 3.31. The van der Waals surface area contributed by atoms with Crippen molar-refractivity contribution in [2.45, 2.75) is 25.7 Å². The molecule has 0 radical (unpaired) electrons. The molecule has 5 nitrogen and oxygen atoms in total. The first kappa shape index (κ1) is 20.0. The van der Waals surface area contributed by atoms with Crippen molar-refractivity contribution < 1.29 is 24.2 Å². The lowest BCUT2D eigenvalue weighted by atomic mass is 9.98. The number of fused-ring (bicyclic) bond motifs is 1. The Balaban J connectivity index is 1.49. The molecule has 2 aromatic carbocycles. The molecule has 1 aliphatic heterocycles. The van der Waals surface area contributed by atoms with Gasteiger partial charge >= 0.3 is 0 Å². The summed E-state index contributed by atoms with van der Waals surface area (Å²) in [4.78, 5) is 1.34. The molecule has 146 valence electrons. The lowest BCUT2D eigenvalue weighted by molar-refractivity contribution is -0.919. The third-order valence-corrected chi connectivity index (χ3v) is 5.16. The number of aliphatic hydroxyl groups excluding tert-OH is 1. The van der Waals surface area contributed by atoms with Crippen molar-refractivity contribution in [1.29, 1.82) is 0 Å². The molecule has 2 atom stereocenters. The molecule has 6 heteroatoms.